The van der Waals surface area contributed by atoms with Gasteiger partial charge in [-0.2, -0.15) is 4.91 Å². The van der Waals surface area contributed by atoms with E-state index in [2.05, 4.69) is 5.18 Å². The lowest BCUT2D eigenvalue weighted by Crippen LogP contribution is -2.30. The van der Waals surface area contributed by atoms with Crippen molar-refractivity contribution in [3.8, 4) is 0 Å². The number of ether oxygens (including phenoxy) is 1. The minimum Gasteiger partial charge on any atom is -0.375 e. The van der Waals surface area contributed by atoms with E-state index in [1.165, 1.54) is 0 Å². The molecule has 0 N–H and O–H groups in total. The van der Waals surface area contributed by atoms with E-state index >= 15 is 0 Å². The molecule has 0 heterocycles. The van der Waals surface area contributed by atoms with Crippen molar-refractivity contribution >= 4 is 0 Å². The largest absolute Gasteiger partial charge is 0.375 e. The van der Waals surface area contributed by atoms with E-state index in [0.717, 1.165) is 12.8 Å². The van der Waals surface area contributed by atoms with Crippen LogP contribution in [0, 0.1) is 4.91 Å². The van der Waals surface area contributed by atoms with Gasteiger partial charge in [0.15, 0.2) is 0 Å². The lowest BCUT2D eigenvalue weighted by atomic mass is 9.95. The van der Waals surface area contributed by atoms with Crippen LogP contribution in [0.5, 0.6) is 0 Å². The first-order valence-electron chi connectivity index (χ1n) is 4.78. The Morgan fingerprint density at radius 3 is 2.38 bits per heavy atom. The molecule has 0 saturated carbocycles. The monoisotopic (exact) mass is 185 g/mol. The van der Waals surface area contributed by atoms with E-state index in [-0.39, 0.29) is 0 Å². The highest BCUT2D eigenvalue weighted by atomic mass is 16.5. The van der Waals surface area contributed by atoms with Crippen LogP contribution in [-0.2, 0) is 4.74 Å². The van der Waals surface area contributed by atoms with Gasteiger partial charge >= 0.3 is 0 Å². The van der Waals surface area contributed by atoms with Gasteiger partial charge in [-0.3, -0.25) is 0 Å². The fourth-order valence-corrected chi connectivity index (χ4v) is 1.02. The van der Waals surface area contributed by atoms with Gasteiger partial charge in [0.05, 0.1) is 13.2 Å². The standard InChI is InChI=1S/C10H19NO2/c1-4-7-8-13-9-10(5-2,6-3)11-12/h4,7H,5-6,8-9H2,1-3H3/b7-4+. The zero-order valence-corrected chi connectivity index (χ0v) is 8.75. The van der Waals surface area contributed by atoms with Crippen LogP contribution in [0.3, 0.4) is 0 Å². The van der Waals surface area contributed by atoms with Gasteiger partial charge in [0.2, 0.25) is 0 Å². The summed E-state index contributed by atoms with van der Waals surface area (Å²) in [5.41, 5.74) is -0.512. The Bertz CT molecular complexity index is 162. The molecule has 0 aliphatic carbocycles. The quantitative estimate of drug-likeness (QED) is 0.347. The highest BCUT2D eigenvalue weighted by Crippen LogP contribution is 2.20. The number of allylic oxidation sites excluding steroid dienone is 1. The Morgan fingerprint density at radius 1 is 1.38 bits per heavy atom. The molecule has 3 nitrogen and oxygen atoms in total. The molecule has 0 fully saturated rings. The molecule has 0 unspecified atom stereocenters. The van der Waals surface area contributed by atoms with E-state index < -0.39 is 5.54 Å². The lowest BCUT2D eigenvalue weighted by molar-refractivity contribution is 0.101. The van der Waals surface area contributed by atoms with Gasteiger partial charge in [-0.05, 0) is 19.8 Å². The first-order chi connectivity index (χ1) is 6.24. The second-order valence-electron chi connectivity index (χ2n) is 3.11. The van der Waals surface area contributed by atoms with Crippen LogP contribution in [0.15, 0.2) is 17.3 Å². The zero-order valence-electron chi connectivity index (χ0n) is 8.75. The van der Waals surface area contributed by atoms with Crippen LogP contribution in [0.25, 0.3) is 0 Å². The molecule has 0 amide bonds. The topological polar surface area (TPSA) is 38.7 Å². The van der Waals surface area contributed by atoms with E-state index in [0.29, 0.717) is 13.2 Å². The van der Waals surface area contributed by atoms with Crippen LogP contribution in [0.1, 0.15) is 33.6 Å². The number of nitroso groups, excluding NO2 is 1. The van der Waals surface area contributed by atoms with Crippen molar-refractivity contribution in [2.24, 2.45) is 5.18 Å². The van der Waals surface area contributed by atoms with Crippen molar-refractivity contribution in [2.75, 3.05) is 13.2 Å². The third kappa shape index (κ3) is 4.18. The Hall–Kier alpha value is -0.700. The molecule has 0 atom stereocenters. The summed E-state index contributed by atoms with van der Waals surface area (Å²) < 4.78 is 5.33. The summed E-state index contributed by atoms with van der Waals surface area (Å²) >= 11 is 0. The molecule has 0 aliphatic rings. The fourth-order valence-electron chi connectivity index (χ4n) is 1.02. The summed E-state index contributed by atoms with van der Waals surface area (Å²) in [5, 5.41) is 3.16. The minimum atomic E-state index is -0.512. The minimum absolute atomic E-state index is 0.424. The fraction of sp³-hybridized carbons (Fsp3) is 0.800. The molecular formula is C10H19NO2. The van der Waals surface area contributed by atoms with Gasteiger partial charge in [0.1, 0.15) is 5.54 Å². The first kappa shape index (κ1) is 12.3. The molecule has 0 aromatic heterocycles. The molecule has 76 valence electrons. The predicted octanol–water partition coefficient (Wildman–Crippen LogP) is 2.90. The average molecular weight is 185 g/mol. The van der Waals surface area contributed by atoms with Gasteiger partial charge < -0.3 is 4.74 Å². The predicted molar refractivity (Wildman–Crippen MR) is 54.7 cm³/mol. The maximum atomic E-state index is 10.6. The van der Waals surface area contributed by atoms with Crippen LogP contribution in [0.4, 0.5) is 0 Å². The summed E-state index contributed by atoms with van der Waals surface area (Å²) in [6.07, 6.45) is 5.32. The summed E-state index contributed by atoms with van der Waals surface area (Å²) in [7, 11) is 0. The van der Waals surface area contributed by atoms with Gasteiger partial charge in [-0.25, -0.2) is 0 Å². The van der Waals surface area contributed by atoms with Crippen molar-refractivity contribution in [3.05, 3.63) is 17.1 Å². The number of hydrogen-bond acceptors (Lipinski definition) is 3. The van der Waals surface area contributed by atoms with E-state index in [4.69, 9.17) is 4.74 Å². The highest BCUT2D eigenvalue weighted by molar-refractivity contribution is 4.85. The van der Waals surface area contributed by atoms with Gasteiger partial charge in [-0.15, -0.1) is 0 Å². The molecule has 0 rings (SSSR count). The summed E-state index contributed by atoms with van der Waals surface area (Å²) in [6.45, 7) is 6.85. The second-order valence-corrected chi connectivity index (χ2v) is 3.11. The SMILES string of the molecule is C/C=C/COCC(CC)(CC)N=O. The van der Waals surface area contributed by atoms with Crippen molar-refractivity contribution in [3.63, 3.8) is 0 Å². The molecule has 0 aromatic rings. The smallest absolute Gasteiger partial charge is 0.125 e. The number of hydrogen-bond donors (Lipinski definition) is 0. The Labute approximate surface area is 80.1 Å². The Morgan fingerprint density at radius 2 is 2.00 bits per heavy atom. The van der Waals surface area contributed by atoms with Crippen molar-refractivity contribution in [1.29, 1.82) is 0 Å². The highest BCUT2D eigenvalue weighted by Gasteiger charge is 2.27. The molecule has 0 radical (unpaired) electrons. The molecule has 0 bridgehead atoms. The van der Waals surface area contributed by atoms with Crippen molar-refractivity contribution < 1.29 is 4.74 Å². The molecular weight excluding hydrogens is 166 g/mol. The normalized spacial score (nSPS) is 12.2. The summed E-state index contributed by atoms with van der Waals surface area (Å²) in [5.74, 6) is 0. The number of nitrogens with zero attached hydrogens (tertiary/aromatic N) is 1. The molecule has 0 aromatic carbocycles. The van der Waals surface area contributed by atoms with Crippen molar-refractivity contribution in [2.45, 2.75) is 39.2 Å². The molecule has 3 heteroatoms. The molecule has 13 heavy (non-hydrogen) atoms. The van der Waals surface area contributed by atoms with Gasteiger partial charge in [0, 0.05) is 0 Å². The molecule has 0 spiro atoms. The van der Waals surface area contributed by atoms with E-state index in [1.54, 1.807) is 0 Å². The Balaban J connectivity index is 3.88. The zero-order chi connectivity index (χ0) is 10.2. The van der Waals surface area contributed by atoms with Crippen LogP contribution >= 0.6 is 0 Å². The van der Waals surface area contributed by atoms with Crippen LogP contribution in [-0.4, -0.2) is 18.8 Å². The van der Waals surface area contributed by atoms with Gasteiger partial charge in [-0.1, -0.05) is 31.2 Å². The number of rotatable bonds is 7. The summed E-state index contributed by atoms with van der Waals surface area (Å²) in [6, 6.07) is 0. The van der Waals surface area contributed by atoms with Crippen LogP contribution < -0.4 is 0 Å². The van der Waals surface area contributed by atoms with Crippen molar-refractivity contribution in [1.82, 2.24) is 0 Å². The second kappa shape index (κ2) is 6.78. The van der Waals surface area contributed by atoms with Crippen LogP contribution in [0.2, 0.25) is 0 Å². The molecule has 0 saturated heterocycles. The lowest BCUT2D eigenvalue weighted by Gasteiger charge is -2.22. The maximum absolute atomic E-state index is 10.6. The van der Waals surface area contributed by atoms with E-state index in [1.807, 2.05) is 32.9 Å². The summed E-state index contributed by atoms with van der Waals surface area (Å²) in [4.78, 5) is 10.6. The third-order valence-electron chi connectivity index (χ3n) is 2.33. The Kier molecular flexibility index (Phi) is 6.41. The maximum Gasteiger partial charge on any atom is 0.125 e. The molecule has 0 aliphatic heterocycles. The third-order valence-corrected chi connectivity index (χ3v) is 2.33. The average Bonchev–Trinajstić information content (AvgIpc) is 2.20. The first-order valence-corrected chi connectivity index (χ1v) is 4.78. The van der Waals surface area contributed by atoms with Gasteiger partial charge in [0.25, 0.3) is 0 Å². The van der Waals surface area contributed by atoms with E-state index in [9.17, 15) is 4.91 Å².